The fraction of sp³-hybridized carbons (Fsp3) is 0.0556. The Labute approximate surface area is 247 Å². The molecule has 0 N–H and O–H groups in total. The molecule has 7 heteroatoms. The minimum atomic E-state index is -0.392. The van der Waals surface area contributed by atoms with Crippen molar-refractivity contribution < 1.29 is 0 Å². The number of hydrogen-bond acceptors (Lipinski definition) is 4. The van der Waals surface area contributed by atoms with E-state index in [0.29, 0.717) is 44.1 Å². The van der Waals surface area contributed by atoms with E-state index in [4.69, 9.17) is 0 Å². The second-order valence-corrected chi connectivity index (χ2v) is 11.2. The van der Waals surface area contributed by atoms with E-state index in [-0.39, 0.29) is 0 Å². The summed E-state index contributed by atoms with van der Waals surface area (Å²) in [5.74, 6) is 0. The first kappa shape index (κ1) is 24.5. The average Bonchev–Trinajstić information content (AvgIpc) is 3.53. The lowest BCUT2D eigenvalue weighted by Crippen LogP contribution is -2.53. The van der Waals surface area contributed by atoms with Crippen molar-refractivity contribution in [2.24, 2.45) is 0 Å². The number of benzene rings is 5. The predicted molar refractivity (Wildman–Crippen MR) is 169 cm³/mol. The monoisotopic (exact) mass is 546 g/mol. The van der Waals surface area contributed by atoms with Crippen LogP contribution in [0, 0.1) is 59.2 Å². The molecular weight excluding hydrogens is 527 g/mol. The first-order chi connectivity index (χ1) is 21.0. The largest absolute Gasteiger partial charge is 0.374 e. The highest BCUT2D eigenvalue weighted by molar-refractivity contribution is 6.88. The van der Waals surface area contributed by atoms with Gasteiger partial charge in [0.15, 0.2) is 0 Å². The fourth-order valence-corrected chi connectivity index (χ4v) is 7.14. The van der Waals surface area contributed by atoms with Crippen molar-refractivity contribution in [2.75, 3.05) is 0 Å². The van der Waals surface area contributed by atoms with E-state index in [1.165, 1.54) is 10.9 Å². The van der Waals surface area contributed by atoms with Crippen molar-refractivity contribution in [3.05, 3.63) is 112 Å². The second kappa shape index (κ2) is 8.61. The third-order valence-electron chi connectivity index (χ3n) is 8.71. The molecule has 0 fully saturated rings. The van der Waals surface area contributed by atoms with Crippen LogP contribution in [-0.2, 0) is 0 Å². The molecule has 0 radical (unpaired) electrons. The van der Waals surface area contributed by atoms with Crippen LogP contribution in [0.3, 0.4) is 0 Å². The van der Waals surface area contributed by atoms with Gasteiger partial charge >= 0.3 is 6.85 Å². The highest BCUT2D eigenvalue weighted by atomic mass is 15.0. The lowest BCUT2D eigenvalue weighted by Gasteiger charge is -2.29. The molecule has 0 atom stereocenters. The van der Waals surface area contributed by atoms with Crippen molar-refractivity contribution in [1.29, 1.82) is 21.0 Å². The van der Waals surface area contributed by atoms with Gasteiger partial charge in [0, 0.05) is 27.2 Å². The number of para-hydroxylation sites is 1. The van der Waals surface area contributed by atoms with Crippen molar-refractivity contribution in [3.8, 4) is 30.0 Å². The molecule has 3 heterocycles. The molecule has 0 saturated heterocycles. The summed E-state index contributed by atoms with van der Waals surface area (Å²) < 4.78 is 4.43. The Bertz CT molecular complexity index is 2500. The summed E-state index contributed by atoms with van der Waals surface area (Å²) in [5.41, 5.74) is 10.3. The summed E-state index contributed by atoms with van der Waals surface area (Å²) in [6.07, 6.45) is 0. The smallest absolute Gasteiger partial charge is 0.332 e. The van der Waals surface area contributed by atoms with E-state index in [9.17, 15) is 21.0 Å². The fourth-order valence-electron chi connectivity index (χ4n) is 7.14. The van der Waals surface area contributed by atoms with Crippen LogP contribution in [0.15, 0.2) is 78.9 Å². The maximum atomic E-state index is 10.4. The van der Waals surface area contributed by atoms with Gasteiger partial charge in [-0.05, 0) is 73.3 Å². The van der Waals surface area contributed by atoms with Gasteiger partial charge in [-0.1, -0.05) is 41.5 Å². The van der Waals surface area contributed by atoms with Crippen LogP contribution in [0.2, 0.25) is 0 Å². The van der Waals surface area contributed by atoms with Crippen LogP contribution in [0.5, 0.6) is 0 Å². The summed E-state index contributed by atoms with van der Waals surface area (Å²) in [7, 11) is 0. The average molecular weight is 546 g/mol. The van der Waals surface area contributed by atoms with Gasteiger partial charge in [-0.3, -0.25) is 0 Å². The van der Waals surface area contributed by atoms with Crippen LogP contribution in [-0.4, -0.2) is 15.9 Å². The summed E-state index contributed by atoms with van der Waals surface area (Å²) in [4.78, 5) is 0. The zero-order valence-electron chi connectivity index (χ0n) is 23.3. The number of hydrogen-bond donors (Lipinski definition) is 0. The number of aromatic nitrogens is 2. The summed E-state index contributed by atoms with van der Waals surface area (Å²) in [6.45, 7) is 3.81. The molecule has 5 aromatic carbocycles. The van der Waals surface area contributed by atoms with Crippen molar-refractivity contribution in [1.82, 2.24) is 9.05 Å². The van der Waals surface area contributed by atoms with E-state index in [1.54, 1.807) is 24.3 Å². The van der Waals surface area contributed by atoms with Crippen LogP contribution < -0.4 is 10.9 Å². The summed E-state index contributed by atoms with van der Waals surface area (Å²) in [6, 6.07) is 35.0. The van der Waals surface area contributed by atoms with Gasteiger partial charge in [-0.2, -0.15) is 21.0 Å². The lowest BCUT2D eigenvalue weighted by atomic mass is 9.48. The molecule has 196 valence electrons. The highest BCUT2D eigenvalue weighted by Crippen LogP contribution is 2.39. The van der Waals surface area contributed by atoms with Gasteiger partial charge in [0.1, 0.15) is 12.1 Å². The molecule has 1 aliphatic heterocycles. The molecule has 7 aromatic rings. The number of fused-ring (bicyclic) bond motifs is 8. The Morgan fingerprint density at radius 1 is 0.558 bits per heavy atom. The van der Waals surface area contributed by atoms with Gasteiger partial charge in [-0.15, -0.1) is 0 Å². The maximum Gasteiger partial charge on any atom is 0.332 e. The van der Waals surface area contributed by atoms with Crippen LogP contribution in [0.4, 0.5) is 0 Å². The minimum Gasteiger partial charge on any atom is -0.374 e. The van der Waals surface area contributed by atoms with E-state index >= 15 is 0 Å². The van der Waals surface area contributed by atoms with Crippen LogP contribution >= 0.6 is 0 Å². The lowest BCUT2D eigenvalue weighted by molar-refractivity contribution is 1.17. The Morgan fingerprint density at radius 3 is 1.79 bits per heavy atom. The molecule has 0 unspecified atom stereocenters. The Hall–Kier alpha value is -6.28. The van der Waals surface area contributed by atoms with Gasteiger partial charge in [0.05, 0.1) is 56.5 Å². The van der Waals surface area contributed by atoms with Crippen molar-refractivity contribution >= 4 is 61.4 Å². The Balaban J connectivity index is 1.65. The number of nitriles is 4. The Kier molecular flexibility index (Phi) is 4.91. The normalized spacial score (nSPS) is 11.8. The molecule has 0 saturated carbocycles. The number of nitrogens with zero attached hydrogens (tertiary/aromatic N) is 6. The molecule has 0 aliphatic carbocycles. The zero-order valence-corrected chi connectivity index (χ0v) is 23.3. The highest BCUT2D eigenvalue weighted by Gasteiger charge is 2.37. The van der Waals surface area contributed by atoms with E-state index in [1.807, 2.05) is 12.1 Å². The summed E-state index contributed by atoms with van der Waals surface area (Å²) >= 11 is 0. The molecule has 1 aliphatic rings. The first-order valence-corrected chi connectivity index (χ1v) is 13.9. The van der Waals surface area contributed by atoms with E-state index in [0.717, 1.165) is 38.6 Å². The Morgan fingerprint density at radius 2 is 1.16 bits per heavy atom. The summed E-state index contributed by atoms with van der Waals surface area (Å²) in [5, 5.41) is 44.1. The van der Waals surface area contributed by atoms with Crippen LogP contribution in [0.25, 0.3) is 49.3 Å². The molecule has 0 amide bonds. The van der Waals surface area contributed by atoms with Crippen molar-refractivity contribution in [3.63, 3.8) is 0 Å². The van der Waals surface area contributed by atoms with Gasteiger partial charge < -0.3 is 9.05 Å². The standard InChI is InChI=1S/C36H19BN6/c1-20-7-8-32-26(9-20)27-10-21(2)11-31-36(27)42(32)33-6-4-3-5-30(33)37(31)43-34-24(18-40)12-22(16-38)14-28(34)29-15-23(17-39)13-25(19-41)35(29)43/h3-15H,1-2H3. The van der Waals surface area contributed by atoms with Crippen LogP contribution in [0.1, 0.15) is 33.4 Å². The molecule has 2 aromatic heterocycles. The quantitative estimate of drug-likeness (QED) is 0.237. The number of rotatable bonds is 1. The van der Waals surface area contributed by atoms with Crippen molar-refractivity contribution in [2.45, 2.75) is 13.8 Å². The molecule has 8 rings (SSSR count). The maximum absolute atomic E-state index is 10.4. The predicted octanol–water partition coefficient (Wildman–Crippen LogP) is 5.96. The second-order valence-electron chi connectivity index (χ2n) is 11.2. The first-order valence-electron chi connectivity index (χ1n) is 13.9. The molecule has 0 spiro atoms. The minimum absolute atomic E-state index is 0.343. The van der Waals surface area contributed by atoms with Gasteiger partial charge in [0.2, 0.25) is 0 Å². The van der Waals surface area contributed by atoms with Gasteiger partial charge in [-0.25, -0.2) is 0 Å². The third-order valence-corrected chi connectivity index (χ3v) is 8.71. The van der Waals surface area contributed by atoms with E-state index < -0.39 is 6.85 Å². The SMILES string of the molecule is Cc1ccc2c(c1)c1cc(C)cc3c1n2-c1ccccc1B3n1c2c(C#N)cc(C#N)cc2c2cc(C#N)cc(C#N)c21. The van der Waals surface area contributed by atoms with E-state index in [2.05, 4.69) is 89.6 Å². The molecule has 0 bridgehead atoms. The molecular formula is C36H19BN6. The molecule has 43 heavy (non-hydrogen) atoms. The zero-order chi connectivity index (χ0) is 29.6. The number of aryl methyl sites for hydroxylation is 2. The van der Waals surface area contributed by atoms with Gasteiger partial charge in [0.25, 0.3) is 0 Å². The third kappa shape index (κ3) is 3.14. The topological polar surface area (TPSA) is 105 Å². The molecule has 6 nitrogen and oxygen atoms in total.